The van der Waals surface area contributed by atoms with Gasteiger partial charge in [0.25, 0.3) is 0 Å². The molecule has 152 valence electrons. The van der Waals surface area contributed by atoms with Crippen molar-refractivity contribution in [2.75, 3.05) is 19.5 Å². The van der Waals surface area contributed by atoms with Crippen LogP contribution in [0.5, 0.6) is 0 Å². The summed E-state index contributed by atoms with van der Waals surface area (Å²) in [4.78, 5) is 12.3. The molecule has 0 saturated heterocycles. The minimum atomic E-state index is -0.0334. The molecular formula is C22H26N4O2S. The number of carbonyl (C=O) groups excluding carboxylic acids is 1. The van der Waals surface area contributed by atoms with Gasteiger partial charge in [0.1, 0.15) is 0 Å². The van der Waals surface area contributed by atoms with Gasteiger partial charge in [-0.25, -0.2) is 0 Å². The monoisotopic (exact) mass is 410 g/mol. The lowest BCUT2D eigenvalue weighted by Crippen LogP contribution is -2.24. The Morgan fingerprint density at radius 3 is 2.62 bits per heavy atom. The zero-order valence-corrected chi connectivity index (χ0v) is 17.8. The number of carbonyl (C=O) groups is 1. The SMILES string of the molecule is COCCn1c(SCC(=O)NCc2ccc(C)cc2)nnc1-c1cccc(C)c1. The Morgan fingerprint density at radius 1 is 1.10 bits per heavy atom. The van der Waals surface area contributed by atoms with Crippen molar-refractivity contribution in [3.8, 4) is 11.4 Å². The minimum absolute atomic E-state index is 0.0334. The molecule has 0 saturated carbocycles. The second-order valence-corrected chi connectivity index (χ2v) is 7.81. The highest BCUT2D eigenvalue weighted by molar-refractivity contribution is 7.99. The van der Waals surface area contributed by atoms with Crippen molar-refractivity contribution in [3.05, 3.63) is 65.2 Å². The van der Waals surface area contributed by atoms with E-state index in [-0.39, 0.29) is 11.7 Å². The third kappa shape index (κ3) is 5.92. The molecule has 6 nitrogen and oxygen atoms in total. The lowest BCUT2D eigenvalue weighted by molar-refractivity contribution is -0.118. The first-order valence-electron chi connectivity index (χ1n) is 9.51. The predicted molar refractivity (Wildman–Crippen MR) is 116 cm³/mol. The fraction of sp³-hybridized carbons (Fsp3) is 0.318. The van der Waals surface area contributed by atoms with Crippen LogP contribution in [0.25, 0.3) is 11.4 Å². The first-order valence-corrected chi connectivity index (χ1v) is 10.5. The number of methoxy groups -OCH3 is 1. The summed E-state index contributed by atoms with van der Waals surface area (Å²) in [5, 5.41) is 12.3. The number of rotatable bonds is 9. The van der Waals surface area contributed by atoms with E-state index in [1.807, 2.05) is 60.9 Å². The van der Waals surface area contributed by atoms with Crippen molar-refractivity contribution in [2.45, 2.75) is 32.1 Å². The molecule has 0 spiro atoms. The molecule has 0 aliphatic heterocycles. The molecule has 2 aromatic carbocycles. The van der Waals surface area contributed by atoms with Gasteiger partial charge in [0.05, 0.1) is 18.9 Å². The average molecular weight is 411 g/mol. The van der Waals surface area contributed by atoms with E-state index in [2.05, 4.69) is 21.6 Å². The maximum Gasteiger partial charge on any atom is 0.230 e. The molecule has 0 unspecified atom stereocenters. The second-order valence-electron chi connectivity index (χ2n) is 6.87. The van der Waals surface area contributed by atoms with Crippen molar-refractivity contribution in [3.63, 3.8) is 0 Å². The predicted octanol–water partition coefficient (Wildman–Crippen LogP) is 3.62. The summed E-state index contributed by atoms with van der Waals surface area (Å²) < 4.78 is 7.25. The van der Waals surface area contributed by atoms with Crippen LogP contribution in [0.2, 0.25) is 0 Å². The fourth-order valence-corrected chi connectivity index (χ4v) is 3.66. The van der Waals surface area contributed by atoms with Gasteiger partial charge in [0.2, 0.25) is 5.91 Å². The van der Waals surface area contributed by atoms with Gasteiger partial charge in [-0.1, -0.05) is 65.4 Å². The quantitative estimate of drug-likeness (QED) is 0.546. The molecule has 3 aromatic rings. The highest BCUT2D eigenvalue weighted by atomic mass is 32.2. The molecule has 0 aliphatic rings. The molecule has 0 atom stereocenters. The molecule has 0 fully saturated rings. The van der Waals surface area contributed by atoms with E-state index in [0.29, 0.717) is 24.9 Å². The van der Waals surface area contributed by atoms with Gasteiger partial charge in [-0.2, -0.15) is 0 Å². The van der Waals surface area contributed by atoms with Gasteiger partial charge in [0.15, 0.2) is 11.0 Å². The number of thioether (sulfide) groups is 1. The van der Waals surface area contributed by atoms with Gasteiger partial charge in [-0.3, -0.25) is 9.36 Å². The molecule has 0 radical (unpaired) electrons. The van der Waals surface area contributed by atoms with Crippen LogP contribution in [0.3, 0.4) is 0 Å². The Bertz CT molecular complexity index is 954. The Morgan fingerprint density at radius 2 is 1.90 bits per heavy atom. The van der Waals surface area contributed by atoms with E-state index < -0.39 is 0 Å². The summed E-state index contributed by atoms with van der Waals surface area (Å²) >= 11 is 1.38. The smallest absolute Gasteiger partial charge is 0.230 e. The molecule has 7 heteroatoms. The van der Waals surface area contributed by atoms with E-state index in [1.165, 1.54) is 17.3 Å². The first-order chi connectivity index (χ1) is 14.1. The zero-order chi connectivity index (χ0) is 20.6. The number of hydrogen-bond acceptors (Lipinski definition) is 5. The maximum atomic E-state index is 12.3. The standard InChI is InChI=1S/C22H26N4O2S/c1-16-7-9-18(10-8-16)14-23-20(27)15-29-22-25-24-21(26(22)11-12-28-3)19-6-4-5-17(2)13-19/h4-10,13H,11-12,14-15H2,1-3H3,(H,23,27). The summed E-state index contributed by atoms with van der Waals surface area (Å²) in [5.41, 5.74) is 4.45. The first kappa shape index (κ1) is 21.1. The number of amides is 1. The number of benzene rings is 2. The molecule has 0 bridgehead atoms. The third-order valence-corrected chi connectivity index (χ3v) is 5.42. The second kappa shape index (κ2) is 10.2. The number of nitrogens with one attached hydrogen (secondary N) is 1. The summed E-state index contributed by atoms with van der Waals surface area (Å²) in [6.45, 7) is 5.78. The largest absolute Gasteiger partial charge is 0.383 e. The van der Waals surface area contributed by atoms with Crippen molar-refractivity contribution in [1.82, 2.24) is 20.1 Å². The summed E-state index contributed by atoms with van der Waals surface area (Å²) in [7, 11) is 1.67. The van der Waals surface area contributed by atoms with Crippen LogP contribution in [0.1, 0.15) is 16.7 Å². The van der Waals surface area contributed by atoms with Gasteiger partial charge >= 0.3 is 0 Å². The van der Waals surface area contributed by atoms with Gasteiger partial charge < -0.3 is 10.1 Å². The van der Waals surface area contributed by atoms with Crippen molar-refractivity contribution < 1.29 is 9.53 Å². The number of hydrogen-bond donors (Lipinski definition) is 1. The van der Waals surface area contributed by atoms with Crippen LogP contribution in [-0.4, -0.2) is 40.1 Å². The Hall–Kier alpha value is -2.64. The fourth-order valence-electron chi connectivity index (χ4n) is 2.87. The minimum Gasteiger partial charge on any atom is -0.383 e. The van der Waals surface area contributed by atoms with Crippen molar-refractivity contribution in [1.29, 1.82) is 0 Å². The van der Waals surface area contributed by atoms with Crippen molar-refractivity contribution >= 4 is 17.7 Å². The Labute approximate surface area is 175 Å². The topological polar surface area (TPSA) is 69.0 Å². The van der Waals surface area contributed by atoms with E-state index >= 15 is 0 Å². The molecule has 1 N–H and O–H groups in total. The van der Waals surface area contributed by atoms with Crippen molar-refractivity contribution in [2.24, 2.45) is 0 Å². The molecule has 0 aliphatic carbocycles. The Balaban J connectivity index is 1.65. The number of nitrogens with zero attached hydrogens (tertiary/aromatic N) is 3. The molecule has 1 aromatic heterocycles. The Kier molecular flexibility index (Phi) is 7.43. The van der Waals surface area contributed by atoms with Crippen LogP contribution in [0.4, 0.5) is 0 Å². The van der Waals surface area contributed by atoms with Gasteiger partial charge in [0, 0.05) is 19.2 Å². The molecule has 1 heterocycles. The van der Waals surface area contributed by atoms with Crippen LogP contribution in [-0.2, 0) is 22.6 Å². The van der Waals surface area contributed by atoms with E-state index in [0.717, 1.165) is 22.5 Å². The van der Waals surface area contributed by atoms with E-state index in [4.69, 9.17) is 4.74 Å². The summed E-state index contributed by atoms with van der Waals surface area (Å²) in [5.74, 6) is 1.03. The maximum absolute atomic E-state index is 12.3. The van der Waals surface area contributed by atoms with Crippen LogP contribution in [0.15, 0.2) is 53.7 Å². The molecule has 29 heavy (non-hydrogen) atoms. The number of aromatic nitrogens is 3. The average Bonchev–Trinajstić information content (AvgIpc) is 3.13. The summed E-state index contributed by atoms with van der Waals surface area (Å²) in [6.07, 6.45) is 0. The van der Waals surface area contributed by atoms with Gasteiger partial charge in [-0.15, -0.1) is 10.2 Å². The molecular weight excluding hydrogens is 384 g/mol. The normalized spacial score (nSPS) is 10.9. The molecule has 3 rings (SSSR count). The van der Waals surface area contributed by atoms with Crippen LogP contribution < -0.4 is 5.32 Å². The van der Waals surface area contributed by atoms with Crippen LogP contribution >= 0.6 is 11.8 Å². The summed E-state index contributed by atoms with van der Waals surface area (Å²) in [6, 6.07) is 16.3. The van der Waals surface area contributed by atoms with E-state index in [9.17, 15) is 4.79 Å². The zero-order valence-electron chi connectivity index (χ0n) is 17.0. The lowest BCUT2D eigenvalue weighted by Gasteiger charge is -2.10. The number of ether oxygens (including phenoxy) is 1. The van der Waals surface area contributed by atoms with E-state index in [1.54, 1.807) is 7.11 Å². The van der Waals surface area contributed by atoms with Gasteiger partial charge in [-0.05, 0) is 25.5 Å². The lowest BCUT2D eigenvalue weighted by atomic mass is 10.1. The highest BCUT2D eigenvalue weighted by Crippen LogP contribution is 2.24. The number of aryl methyl sites for hydroxylation is 2. The third-order valence-electron chi connectivity index (χ3n) is 4.45. The molecule has 1 amide bonds. The van der Waals surface area contributed by atoms with Crippen LogP contribution in [0, 0.1) is 13.8 Å². The highest BCUT2D eigenvalue weighted by Gasteiger charge is 2.15.